The standard InChI is InChI=1S/C16H27NO3S/c1-5-11-21(18,19)16-10-8-7-9-14(16)17-15(13(3)4)12-20-6-2/h7-10,13,15,17H,5-6,11-12H2,1-4H3. The van der Waals surface area contributed by atoms with E-state index < -0.39 is 9.84 Å². The fourth-order valence-corrected chi connectivity index (χ4v) is 3.59. The van der Waals surface area contributed by atoms with Gasteiger partial charge in [-0.05, 0) is 31.4 Å². The average molecular weight is 313 g/mol. The largest absolute Gasteiger partial charge is 0.380 e. The molecule has 0 aliphatic carbocycles. The summed E-state index contributed by atoms with van der Waals surface area (Å²) in [4.78, 5) is 0.383. The van der Waals surface area contributed by atoms with E-state index in [1.54, 1.807) is 12.1 Å². The van der Waals surface area contributed by atoms with Crippen LogP contribution in [0.5, 0.6) is 0 Å². The molecule has 1 N–H and O–H groups in total. The molecule has 4 nitrogen and oxygen atoms in total. The third-order valence-electron chi connectivity index (χ3n) is 3.34. The molecule has 1 aromatic rings. The number of hydrogen-bond donors (Lipinski definition) is 1. The minimum atomic E-state index is -3.24. The Morgan fingerprint density at radius 2 is 1.86 bits per heavy atom. The molecule has 21 heavy (non-hydrogen) atoms. The summed E-state index contributed by atoms with van der Waals surface area (Å²) in [5.41, 5.74) is 0.671. The summed E-state index contributed by atoms with van der Waals surface area (Å²) in [5.74, 6) is 0.516. The number of rotatable bonds is 9. The van der Waals surface area contributed by atoms with E-state index in [0.29, 0.717) is 36.1 Å². The Bertz CT molecular complexity index is 526. The van der Waals surface area contributed by atoms with Crippen molar-refractivity contribution in [2.45, 2.75) is 45.1 Å². The topological polar surface area (TPSA) is 55.4 Å². The van der Waals surface area contributed by atoms with Crippen molar-refractivity contribution in [1.82, 2.24) is 0 Å². The molecule has 0 aliphatic rings. The van der Waals surface area contributed by atoms with Crippen LogP contribution in [0.3, 0.4) is 0 Å². The first-order valence-electron chi connectivity index (χ1n) is 7.58. The molecule has 1 unspecified atom stereocenters. The molecule has 0 bridgehead atoms. The van der Waals surface area contributed by atoms with Gasteiger partial charge < -0.3 is 10.1 Å². The SMILES string of the molecule is CCCS(=O)(=O)c1ccccc1NC(COCC)C(C)C. The Kier molecular flexibility index (Phi) is 7.18. The average Bonchev–Trinajstić information content (AvgIpc) is 2.43. The lowest BCUT2D eigenvalue weighted by Gasteiger charge is -2.24. The first kappa shape index (κ1) is 18.0. The van der Waals surface area contributed by atoms with Crippen molar-refractivity contribution in [3.8, 4) is 0 Å². The molecule has 0 spiro atoms. The first-order chi connectivity index (χ1) is 9.92. The molecule has 0 amide bonds. The lowest BCUT2D eigenvalue weighted by atomic mass is 10.1. The van der Waals surface area contributed by atoms with Gasteiger partial charge in [0.2, 0.25) is 0 Å². The molecular weight excluding hydrogens is 286 g/mol. The van der Waals surface area contributed by atoms with Crippen LogP contribution >= 0.6 is 0 Å². The Morgan fingerprint density at radius 1 is 1.19 bits per heavy atom. The van der Waals surface area contributed by atoms with Gasteiger partial charge in [-0.2, -0.15) is 0 Å². The molecule has 1 rings (SSSR count). The second-order valence-electron chi connectivity index (χ2n) is 5.47. The number of para-hydroxylation sites is 1. The molecule has 0 saturated heterocycles. The van der Waals surface area contributed by atoms with Crippen molar-refractivity contribution in [2.75, 3.05) is 24.3 Å². The van der Waals surface area contributed by atoms with Crippen LogP contribution in [0.25, 0.3) is 0 Å². The van der Waals surface area contributed by atoms with Gasteiger partial charge in [0, 0.05) is 6.61 Å². The van der Waals surface area contributed by atoms with E-state index in [1.807, 2.05) is 26.0 Å². The highest BCUT2D eigenvalue weighted by molar-refractivity contribution is 7.91. The number of sulfone groups is 1. The number of nitrogens with one attached hydrogen (secondary N) is 1. The van der Waals surface area contributed by atoms with Crippen LogP contribution in [-0.2, 0) is 14.6 Å². The van der Waals surface area contributed by atoms with E-state index in [1.165, 1.54) is 0 Å². The highest BCUT2D eigenvalue weighted by atomic mass is 32.2. The Hall–Kier alpha value is -1.07. The number of ether oxygens (including phenoxy) is 1. The lowest BCUT2D eigenvalue weighted by molar-refractivity contribution is 0.126. The minimum Gasteiger partial charge on any atom is -0.380 e. The summed E-state index contributed by atoms with van der Waals surface area (Å²) in [5, 5.41) is 3.34. The van der Waals surface area contributed by atoms with E-state index in [4.69, 9.17) is 4.74 Å². The van der Waals surface area contributed by atoms with Crippen LogP contribution in [0.15, 0.2) is 29.2 Å². The van der Waals surface area contributed by atoms with Crippen molar-refractivity contribution < 1.29 is 13.2 Å². The van der Waals surface area contributed by atoms with E-state index >= 15 is 0 Å². The second kappa shape index (κ2) is 8.39. The molecular formula is C16H27NO3S. The van der Waals surface area contributed by atoms with Gasteiger partial charge in [-0.15, -0.1) is 0 Å². The third kappa shape index (κ3) is 5.32. The maximum Gasteiger partial charge on any atom is 0.180 e. The fourth-order valence-electron chi connectivity index (χ4n) is 2.08. The van der Waals surface area contributed by atoms with Crippen molar-refractivity contribution in [3.63, 3.8) is 0 Å². The van der Waals surface area contributed by atoms with Gasteiger partial charge in [0.05, 0.1) is 29.0 Å². The number of anilines is 1. The van der Waals surface area contributed by atoms with E-state index in [0.717, 1.165) is 0 Å². The Morgan fingerprint density at radius 3 is 2.43 bits per heavy atom. The van der Waals surface area contributed by atoms with E-state index in [-0.39, 0.29) is 11.8 Å². The number of benzene rings is 1. The van der Waals surface area contributed by atoms with Gasteiger partial charge in [-0.1, -0.05) is 32.9 Å². The minimum absolute atomic E-state index is 0.0860. The number of hydrogen-bond acceptors (Lipinski definition) is 4. The van der Waals surface area contributed by atoms with Crippen LogP contribution in [0, 0.1) is 5.92 Å². The molecule has 120 valence electrons. The van der Waals surface area contributed by atoms with Crippen LogP contribution in [0.1, 0.15) is 34.1 Å². The zero-order valence-corrected chi connectivity index (χ0v) is 14.2. The predicted octanol–water partition coefficient (Wildman–Crippen LogP) is 3.34. The van der Waals surface area contributed by atoms with Crippen molar-refractivity contribution >= 4 is 15.5 Å². The Balaban J connectivity index is 3.02. The summed E-state index contributed by atoms with van der Waals surface area (Å²) >= 11 is 0. The highest BCUT2D eigenvalue weighted by Gasteiger charge is 2.20. The Labute approximate surface area is 128 Å². The normalized spacial score (nSPS) is 13.4. The summed E-state index contributed by atoms with van der Waals surface area (Å²) in [7, 11) is -3.24. The van der Waals surface area contributed by atoms with E-state index in [9.17, 15) is 8.42 Å². The van der Waals surface area contributed by atoms with Crippen LogP contribution in [0.4, 0.5) is 5.69 Å². The van der Waals surface area contributed by atoms with Gasteiger partial charge in [0.15, 0.2) is 9.84 Å². The molecule has 0 radical (unpaired) electrons. The van der Waals surface area contributed by atoms with Gasteiger partial charge in [0.1, 0.15) is 0 Å². The summed E-state index contributed by atoms with van der Waals surface area (Å²) in [6.45, 7) is 9.24. The smallest absolute Gasteiger partial charge is 0.180 e. The molecule has 1 aromatic carbocycles. The van der Waals surface area contributed by atoms with Crippen LogP contribution in [0.2, 0.25) is 0 Å². The molecule has 5 heteroatoms. The molecule has 1 atom stereocenters. The third-order valence-corrected chi connectivity index (χ3v) is 5.31. The maximum absolute atomic E-state index is 12.3. The van der Waals surface area contributed by atoms with Gasteiger partial charge in [-0.3, -0.25) is 0 Å². The van der Waals surface area contributed by atoms with Gasteiger partial charge >= 0.3 is 0 Å². The van der Waals surface area contributed by atoms with E-state index in [2.05, 4.69) is 19.2 Å². The highest BCUT2D eigenvalue weighted by Crippen LogP contribution is 2.24. The van der Waals surface area contributed by atoms with Crippen molar-refractivity contribution in [3.05, 3.63) is 24.3 Å². The van der Waals surface area contributed by atoms with Gasteiger partial charge in [0.25, 0.3) is 0 Å². The molecule has 0 saturated carbocycles. The molecule has 0 fully saturated rings. The fraction of sp³-hybridized carbons (Fsp3) is 0.625. The quantitative estimate of drug-likeness (QED) is 0.759. The van der Waals surface area contributed by atoms with Crippen LogP contribution < -0.4 is 5.32 Å². The molecule has 0 heterocycles. The second-order valence-corrected chi connectivity index (χ2v) is 7.55. The van der Waals surface area contributed by atoms with Crippen molar-refractivity contribution in [1.29, 1.82) is 0 Å². The zero-order chi connectivity index (χ0) is 15.9. The molecule has 0 aliphatic heterocycles. The van der Waals surface area contributed by atoms with Crippen molar-refractivity contribution in [2.24, 2.45) is 5.92 Å². The summed E-state index contributed by atoms with van der Waals surface area (Å²) < 4.78 is 30.2. The molecule has 0 aromatic heterocycles. The first-order valence-corrected chi connectivity index (χ1v) is 9.23. The summed E-state index contributed by atoms with van der Waals surface area (Å²) in [6, 6.07) is 7.20. The maximum atomic E-state index is 12.3. The predicted molar refractivity (Wildman–Crippen MR) is 87.5 cm³/mol. The van der Waals surface area contributed by atoms with Crippen LogP contribution in [-0.4, -0.2) is 33.4 Å². The zero-order valence-electron chi connectivity index (χ0n) is 13.4. The van der Waals surface area contributed by atoms with Gasteiger partial charge in [-0.25, -0.2) is 8.42 Å². The summed E-state index contributed by atoms with van der Waals surface area (Å²) in [6.07, 6.45) is 0.614. The lowest BCUT2D eigenvalue weighted by Crippen LogP contribution is -2.31. The monoisotopic (exact) mass is 313 g/mol.